The molecule has 1 fully saturated rings. The van der Waals surface area contributed by atoms with Gasteiger partial charge in [-0.3, -0.25) is 4.79 Å². The molecule has 118 valence electrons. The minimum Gasteiger partial charge on any atom is -0.363 e. The third-order valence-corrected chi connectivity index (χ3v) is 4.83. The van der Waals surface area contributed by atoms with Crippen molar-refractivity contribution in [1.82, 2.24) is 14.5 Å². The second kappa shape index (κ2) is 5.78. The van der Waals surface area contributed by atoms with Gasteiger partial charge in [-0.15, -0.1) is 0 Å². The number of H-pyrrole nitrogens is 1. The summed E-state index contributed by atoms with van der Waals surface area (Å²) in [5.74, 6) is 0.152. The van der Waals surface area contributed by atoms with Crippen molar-refractivity contribution in [1.29, 1.82) is 0 Å². The van der Waals surface area contributed by atoms with Crippen LogP contribution in [0.1, 0.15) is 24.6 Å². The van der Waals surface area contributed by atoms with Crippen molar-refractivity contribution in [2.45, 2.75) is 25.4 Å². The second-order valence-corrected chi connectivity index (χ2v) is 6.45. The SMILES string of the molecule is O=C(Cn1ccc2ccc(Cl)cc21)N1CCCC1c1ccc[nH]1. The molecule has 1 aliphatic rings. The first-order valence-corrected chi connectivity index (χ1v) is 8.27. The normalized spacial score (nSPS) is 18.0. The van der Waals surface area contributed by atoms with Crippen LogP contribution in [-0.2, 0) is 11.3 Å². The third-order valence-electron chi connectivity index (χ3n) is 4.60. The highest BCUT2D eigenvalue weighted by atomic mass is 35.5. The molecule has 1 saturated heterocycles. The summed E-state index contributed by atoms with van der Waals surface area (Å²) in [7, 11) is 0. The Balaban J connectivity index is 1.58. The molecular formula is C18H18ClN3O. The molecule has 4 rings (SSSR count). The molecule has 1 aliphatic heterocycles. The Morgan fingerprint density at radius 1 is 1.30 bits per heavy atom. The zero-order valence-corrected chi connectivity index (χ0v) is 13.5. The van der Waals surface area contributed by atoms with E-state index in [9.17, 15) is 4.79 Å². The van der Waals surface area contributed by atoms with Gasteiger partial charge in [0, 0.05) is 35.2 Å². The van der Waals surface area contributed by atoms with Gasteiger partial charge >= 0.3 is 0 Å². The van der Waals surface area contributed by atoms with Gasteiger partial charge in [0.25, 0.3) is 0 Å². The number of carbonyl (C=O) groups is 1. The van der Waals surface area contributed by atoms with Crippen molar-refractivity contribution >= 4 is 28.4 Å². The quantitative estimate of drug-likeness (QED) is 0.776. The van der Waals surface area contributed by atoms with Gasteiger partial charge in [0.05, 0.1) is 6.04 Å². The van der Waals surface area contributed by atoms with Crippen LogP contribution >= 0.6 is 11.6 Å². The molecule has 5 heteroatoms. The number of nitrogens with zero attached hydrogens (tertiary/aromatic N) is 2. The van der Waals surface area contributed by atoms with Crippen LogP contribution in [0.3, 0.4) is 0 Å². The fraction of sp³-hybridized carbons (Fsp3) is 0.278. The molecule has 3 heterocycles. The minimum absolute atomic E-state index is 0.152. The first-order chi connectivity index (χ1) is 11.2. The topological polar surface area (TPSA) is 41.0 Å². The molecule has 1 atom stereocenters. The monoisotopic (exact) mass is 327 g/mol. The van der Waals surface area contributed by atoms with E-state index in [2.05, 4.69) is 11.1 Å². The third kappa shape index (κ3) is 2.63. The Morgan fingerprint density at radius 3 is 3.04 bits per heavy atom. The predicted octanol–water partition coefficient (Wildman–Crippen LogP) is 3.99. The van der Waals surface area contributed by atoms with E-state index >= 15 is 0 Å². The van der Waals surface area contributed by atoms with E-state index in [4.69, 9.17) is 11.6 Å². The van der Waals surface area contributed by atoms with Crippen LogP contribution < -0.4 is 0 Å². The first-order valence-electron chi connectivity index (χ1n) is 7.89. The number of fused-ring (bicyclic) bond motifs is 1. The maximum atomic E-state index is 12.8. The fourth-order valence-corrected chi connectivity index (χ4v) is 3.64. The zero-order valence-electron chi connectivity index (χ0n) is 12.7. The second-order valence-electron chi connectivity index (χ2n) is 6.02. The van der Waals surface area contributed by atoms with E-state index in [1.54, 1.807) is 0 Å². The number of hydrogen-bond donors (Lipinski definition) is 1. The molecular weight excluding hydrogens is 310 g/mol. The molecule has 23 heavy (non-hydrogen) atoms. The number of likely N-dealkylation sites (tertiary alicyclic amines) is 1. The van der Waals surface area contributed by atoms with E-state index < -0.39 is 0 Å². The van der Waals surface area contributed by atoms with Crippen LogP contribution in [0.15, 0.2) is 48.8 Å². The molecule has 0 aliphatic carbocycles. The van der Waals surface area contributed by atoms with Gasteiger partial charge in [-0.25, -0.2) is 0 Å². The summed E-state index contributed by atoms with van der Waals surface area (Å²) >= 11 is 6.09. The van der Waals surface area contributed by atoms with E-state index in [1.165, 1.54) is 0 Å². The molecule has 0 radical (unpaired) electrons. The largest absolute Gasteiger partial charge is 0.363 e. The van der Waals surface area contributed by atoms with E-state index in [-0.39, 0.29) is 11.9 Å². The lowest BCUT2D eigenvalue weighted by atomic mass is 10.1. The average Bonchev–Trinajstić information content (AvgIpc) is 3.27. The molecule has 0 bridgehead atoms. The summed E-state index contributed by atoms with van der Waals surface area (Å²) in [5.41, 5.74) is 2.12. The van der Waals surface area contributed by atoms with Gasteiger partial charge in [-0.1, -0.05) is 17.7 Å². The van der Waals surface area contributed by atoms with Crippen LogP contribution in [0.4, 0.5) is 0 Å². The van der Waals surface area contributed by atoms with Crippen molar-refractivity contribution in [2.24, 2.45) is 0 Å². The molecule has 3 aromatic rings. The average molecular weight is 328 g/mol. The van der Waals surface area contributed by atoms with E-state index in [0.29, 0.717) is 11.6 Å². The van der Waals surface area contributed by atoms with Gasteiger partial charge in [-0.2, -0.15) is 0 Å². The number of benzene rings is 1. The smallest absolute Gasteiger partial charge is 0.243 e. The van der Waals surface area contributed by atoms with Gasteiger partial charge < -0.3 is 14.5 Å². The Morgan fingerprint density at radius 2 is 2.22 bits per heavy atom. The van der Waals surface area contributed by atoms with E-state index in [1.807, 2.05) is 52.2 Å². The summed E-state index contributed by atoms with van der Waals surface area (Å²) < 4.78 is 1.98. The Hall–Kier alpha value is -2.20. The summed E-state index contributed by atoms with van der Waals surface area (Å²) in [6, 6.07) is 12.0. The summed E-state index contributed by atoms with van der Waals surface area (Å²) in [6.07, 6.45) is 5.94. The molecule has 0 spiro atoms. The number of aromatic nitrogens is 2. The summed E-state index contributed by atoms with van der Waals surface area (Å²) in [5, 5.41) is 1.79. The number of amides is 1. The standard InChI is InChI=1S/C18H18ClN3O/c19-14-6-5-13-7-10-21(17(13)11-14)12-18(23)22-9-2-4-16(22)15-3-1-8-20-15/h1,3,5-8,10-11,16,20H,2,4,9,12H2. The molecule has 2 aromatic heterocycles. The van der Waals surface area contributed by atoms with Crippen molar-refractivity contribution in [3.05, 3.63) is 59.5 Å². The van der Waals surface area contributed by atoms with Crippen molar-refractivity contribution in [3.8, 4) is 0 Å². The van der Waals surface area contributed by atoms with Crippen LogP contribution in [-0.4, -0.2) is 26.9 Å². The van der Waals surface area contributed by atoms with Gasteiger partial charge in [0.2, 0.25) is 5.91 Å². The predicted molar refractivity (Wildman–Crippen MR) is 91.4 cm³/mol. The minimum atomic E-state index is 0.152. The number of aromatic amines is 1. The Labute approximate surface area is 139 Å². The lowest BCUT2D eigenvalue weighted by Gasteiger charge is -2.24. The van der Waals surface area contributed by atoms with Crippen LogP contribution in [0.25, 0.3) is 10.9 Å². The summed E-state index contributed by atoms with van der Waals surface area (Å²) in [4.78, 5) is 18.0. The highest BCUT2D eigenvalue weighted by molar-refractivity contribution is 6.31. The molecule has 0 saturated carbocycles. The number of nitrogens with one attached hydrogen (secondary N) is 1. The van der Waals surface area contributed by atoms with Gasteiger partial charge in [-0.05, 0) is 48.6 Å². The molecule has 1 N–H and O–H groups in total. The Bertz CT molecular complexity index is 837. The van der Waals surface area contributed by atoms with E-state index in [0.717, 1.165) is 36.0 Å². The van der Waals surface area contributed by atoms with Crippen LogP contribution in [0, 0.1) is 0 Å². The van der Waals surface area contributed by atoms with Crippen molar-refractivity contribution in [3.63, 3.8) is 0 Å². The first kappa shape index (κ1) is 14.4. The summed E-state index contributed by atoms with van der Waals surface area (Å²) in [6.45, 7) is 1.17. The fourth-order valence-electron chi connectivity index (χ4n) is 3.47. The number of rotatable bonds is 3. The number of hydrogen-bond acceptors (Lipinski definition) is 1. The van der Waals surface area contributed by atoms with Crippen LogP contribution in [0.2, 0.25) is 5.02 Å². The van der Waals surface area contributed by atoms with Crippen molar-refractivity contribution in [2.75, 3.05) is 6.54 Å². The van der Waals surface area contributed by atoms with Gasteiger partial charge in [0.1, 0.15) is 6.54 Å². The number of halogens is 1. The number of carbonyl (C=O) groups excluding carboxylic acids is 1. The van der Waals surface area contributed by atoms with Crippen LogP contribution in [0.5, 0.6) is 0 Å². The highest BCUT2D eigenvalue weighted by Gasteiger charge is 2.30. The molecule has 1 amide bonds. The highest BCUT2D eigenvalue weighted by Crippen LogP contribution is 2.31. The zero-order chi connectivity index (χ0) is 15.8. The molecule has 4 nitrogen and oxygen atoms in total. The molecule has 1 aromatic carbocycles. The van der Waals surface area contributed by atoms with Crippen molar-refractivity contribution < 1.29 is 4.79 Å². The maximum absolute atomic E-state index is 12.8. The maximum Gasteiger partial charge on any atom is 0.243 e. The van der Waals surface area contributed by atoms with Gasteiger partial charge in [0.15, 0.2) is 0 Å². The lowest BCUT2D eigenvalue weighted by molar-refractivity contribution is -0.132. The lowest BCUT2D eigenvalue weighted by Crippen LogP contribution is -2.33. The molecule has 1 unspecified atom stereocenters. The Kier molecular flexibility index (Phi) is 3.62.